The molecular weight excluding hydrogens is 394 g/mol. The Balaban J connectivity index is 2.05. The fourth-order valence-electron chi connectivity index (χ4n) is 2.68. The third kappa shape index (κ3) is 4.13. The molecule has 0 atom stereocenters. The minimum absolute atomic E-state index is 0.101. The van der Waals surface area contributed by atoms with E-state index in [1.165, 1.54) is 31.9 Å². The van der Waals surface area contributed by atoms with Crippen LogP contribution in [-0.2, 0) is 14.7 Å². The Kier molecular flexibility index (Phi) is 5.44. The molecule has 1 aliphatic heterocycles. The molecule has 0 fully saturated rings. The molecule has 1 aliphatic rings. The van der Waals surface area contributed by atoms with E-state index in [0.29, 0.717) is 11.0 Å². The average molecular weight is 419 g/mol. The number of rotatable bonds is 6. The highest BCUT2D eigenvalue weighted by molar-refractivity contribution is 7.90. The summed E-state index contributed by atoms with van der Waals surface area (Å²) in [6.07, 6.45) is 2.68. The Hall–Kier alpha value is -2.10. The number of hydrogen-bond acceptors (Lipinski definition) is 5. The lowest BCUT2D eigenvalue weighted by Crippen LogP contribution is -2.49. The first-order chi connectivity index (χ1) is 13.3. The fourth-order valence-corrected chi connectivity index (χ4v) is 4.04. The van der Waals surface area contributed by atoms with Crippen molar-refractivity contribution >= 4 is 34.9 Å². The number of nitrogens with one attached hydrogen (secondary N) is 1. The molecule has 0 bridgehead atoms. The molecule has 2 N–H and O–H groups in total. The van der Waals surface area contributed by atoms with E-state index >= 15 is 0 Å². The number of halogens is 1. The standard InChI is InChI=1S/C20H25BFN2O4S/c1-13-6-8-15(9-7-13)29(26,27)24-12-17(16-10-14(22)11-23-18(16)24)21-28-20(4,5)19(2,3)25/h6-10,12,23,25H,11H2,1-5H3. The maximum atomic E-state index is 13.9. The number of aliphatic hydroxyl groups is 1. The normalized spacial score (nSPS) is 14.8. The van der Waals surface area contributed by atoms with Gasteiger partial charge in [-0.1, -0.05) is 17.7 Å². The van der Waals surface area contributed by atoms with Gasteiger partial charge in [-0.3, -0.25) is 0 Å². The number of nitrogens with zero attached hydrogens (tertiary/aromatic N) is 1. The second kappa shape index (κ2) is 7.30. The minimum Gasteiger partial charge on any atom is -0.427 e. The van der Waals surface area contributed by atoms with Gasteiger partial charge in [0.25, 0.3) is 10.0 Å². The van der Waals surface area contributed by atoms with E-state index in [1.54, 1.807) is 39.8 Å². The van der Waals surface area contributed by atoms with E-state index < -0.39 is 27.1 Å². The summed E-state index contributed by atoms with van der Waals surface area (Å²) in [6.45, 7) is 8.43. The van der Waals surface area contributed by atoms with Crippen LogP contribution >= 0.6 is 0 Å². The minimum atomic E-state index is -3.90. The van der Waals surface area contributed by atoms with E-state index in [-0.39, 0.29) is 17.3 Å². The Labute approximate surface area is 171 Å². The maximum Gasteiger partial charge on any atom is 0.333 e. The van der Waals surface area contributed by atoms with Crippen molar-refractivity contribution < 1.29 is 22.6 Å². The summed E-state index contributed by atoms with van der Waals surface area (Å²) in [6, 6.07) is 6.51. The van der Waals surface area contributed by atoms with Crippen LogP contribution in [0.25, 0.3) is 6.08 Å². The van der Waals surface area contributed by atoms with E-state index in [1.807, 2.05) is 6.92 Å². The number of anilines is 1. The molecule has 1 radical (unpaired) electrons. The molecule has 2 aromatic rings. The third-order valence-electron chi connectivity index (χ3n) is 5.30. The lowest BCUT2D eigenvalue weighted by atomic mass is 9.81. The molecule has 0 amide bonds. The van der Waals surface area contributed by atoms with Gasteiger partial charge in [0.15, 0.2) is 0 Å². The van der Waals surface area contributed by atoms with Gasteiger partial charge >= 0.3 is 7.48 Å². The molecule has 2 heterocycles. The molecule has 29 heavy (non-hydrogen) atoms. The van der Waals surface area contributed by atoms with Crippen molar-refractivity contribution in [3.63, 3.8) is 0 Å². The van der Waals surface area contributed by atoms with Crippen molar-refractivity contribution in [1.29, 1.82) is 0 Å². The molecule has 0 aliphatic carbocycles. The highest BCUT2D eigenvalue weighted by atomic mass is 32.2. The van der Waals surface area contributed by atoms with Gasteiger partial charge in [-0.2, -0.15) is 0 Å². The molecule has 6 nitrogen and oxygen atoms in total. The Morgan fingerprint density at radius 1 is 1.21 bits per heavy atom. The number of aromatic nitrogens is 1. The Morgan fingerprint density at radius 3 is 2.41 bits per heavy atom. The smallest absolute Gasteiger partial charge is 0.333 e. The molecule has 0 unspecified atom stereocenters. The van der Waals surface area contributed by atoms with Crippen LogP contribution in [-0.4, -0.2) is 42.7 Å². The summed E-state index contributed by atoms with van der Waals surface area (Å²) in [5, 5.41) is 13.1. The zero-order valence-electron chi connectivity index (χ0n) is 17.2. The van der Waals surface area contributed by atoms with E-state index in [2.05, 4.69) is 5.32 Å². The van der Waals surface area contributed by atoms with Crippen molar-refractivity contribution in [2.24, 2.45) is 0 Å². The van der Waals surface area contributed by atoms with Gasteiger partial charge in [-0.25, -0.2) is 16.8 Å². The molecular formula is C20H25BFN2O4S. The SMILES string of the molecule is Cc1ccc(S(=O)(=O)n2cc([B]OC(C)(C)C(C)(C)O)c3c2NCC(F)=C3)cc1. The first-order valence-corrected chi connectivity index (χ1v) is 10.7. The summed E-state index contributed by atoms with van der Waals surface area (Å²) in [4.78, 5) is 0.127. The Morgan fingerprint density at radius 2 is 1.83 bits per heavy atom. The van der Waals surface area contributed by atoms with Gasteiger partial charge in [-0.05, 0) is 58.3 Å². The summed E-state index contributed by atoms with van der Waals surface area (Å²) in [7, 11) is -2.54. The zero-order valence-corrected chi connectivity index (χ0v) is 18.0. The summed E-state index contributed by atoms with van der Waals surface area (Å²) in [5.74, 6) is -0.151. The van der Waals surface area contributed by atoms with Crippen molar-refractivity contribution in [2.75, 3.05) is 11.9 Å². The van der Waals surface area contributed by atoms with Crippen LogP contribution in [0.15, 0.2) is 41.2 Å². The lowest BCUT2D eigenvalue weighted by Gasteiger charge is -2.37. The van der Waals surface area contributed by atoms with E-state index in [9.17, 15) is 17.9 Å². The van der Waals surface area contributed by atoms with Gasteiger partial charge in [-0.15, -0.1) is 0 Å². The van der Waals surface area contributed by atoms with Crippen LogP contribution in [0.5, 0.6) is 0 Å². The van der Waals surface area contributed by atoms with Gasteiger partial charge in [0, 0.05) is 11.8 Å². The van der Waals surface area contributed by atoms with Crippen molar-refractivity contribution in [1.82, 2.24) is 3.97 Å². The molecule has 0 spiro atoms. The molecule has 155 valence electrons. The van der Waals surface area contributed by atoms with Gasteiger partial charge < -0.3 is 15.1 Å². The summed E-state index contributed by atoms with van der Waals surface area (Å²) < 4.78 is 47.2. The van der Waals surface area contributed by atoms with Crippen molar-refractivity contribution in [3.05, 3.63) is 47.4 Å². The fraction of sp³-hybridized carbons (Fsp3) is 0.400. The summed E-state index contributed by atoms with van der Waals surface area (Å²) in [5.41, 5.74) is -0.411. The zero-order chi connectivity index (χ0) is 21.6. The topological polar surface area (TPSA) is 80.6 Å². The number of aryl methyl sites for hydroxylation is 1. The van der Waals surface area contributed by atoms with Crippen LogP contribution in [0.1, 0.15) is 38.8 Å². The molecule has 3 rings (SSSR count). The largest absolute Gasteiger partial charge is 0.427 e. The van der Waals surface area contributed by atoms with Crippen LogP contribution < -0.4 is 10.8 Å². The number of fused-ring (bicyclic) bond motifs is 1. The van der Waals surface area contributed by atoms with Crippen LogP contribution in [0.4, 0.5) is 10.2 Å². The van der Waals surface area contributed by atoms with E-state index in [4.69, 9.17) is 4.65 Å². The van der Waals surface area contributed by atoms with Gasteiger partial charge in [0.1, 0.15) is 11.6 Å². The highest BCUT2D eigenvalue weighted by Gasteiger charge is 2.37. The highest BCUT2D eigenvalue weighted by Crippen LogP contribution is 2.29. The monoisotopic (exact) mass is 419 g/mol. The number of benzene rings is 1. The van der Waals surface area contributed by atoms with Crippen LogP contribution in [0, 0.1) is 6.92 Å². The predicted octanol–water partition coefficient (Wildman–Crippen LogP) is 2.58. The molecule has 0 saturated carbocycles. The second-order valence-corrected chi connectivity index (χ2v) is 10.0. The van der Waals surface area contributed by atoms with Crippen LogP contribution in [0.2, 0.25) is 0 Å². The molecule has 0 saturated heterocycles. The van der Waals surface area contributed by atoms with Gasteiger partial charge in [0.2, 0.25) is 0 Å². The molecule has 1 aromatic carbocycles. The molecule has 1 aromatic heterocycles. The van der Waals surface area contributed by atoms with Crippen molar-refractivity contribution in [3.8, 4) is 0 Å². The summed E-state index contributed by atoms with van der Waals surface area (Å²) >= 11 is 0. The van der Waals surface area contributed by atoms with Gasteiger partial charge in [0.05, 0.1) is 22.6 Å². The third-order valence-corrected chi connectivity index (χ3v) is 6.97. The first kappa shape index (κ1) is 21.6. The van der Waals surface area contributed by atoms with Crippen LogP contribution in [0.3, 0.4) is 0 Å². The first-order valence-electron chi connectivity index (χ1n) is 9.24. The Bertz CT molecular complexity index is 1050. The number of hydrogen-bond donors (Lipinski definition) is 2. The maximum absolute atomic E-state index is 13.9. The predicted molar refractivity (Wildman–Crippen MR) is 113 cm³/mol. The van der Waals surface area contributed by atoms with Crippen molar-refractivity contribution in [2.45, 2.75) is 50.7 Å². The van der Waals surface area contributed by atoms with E-state index in [0.717, 1.165) is 9.54 Å². The average Bonchev–Trinajstić information content (AvgIpc) is 2.98. The molecule has 9 heteroatoms. The second-order valence-electron chi connectivity index (χ2n) is 8.21. The lowest BCUT2D eigenvalue weighted by molar-refractivity contribution is -0.0893. The quantitative estimate of drug-likeness (QED) is 0.704.